The molecule has 0 saturated carbocycles. The van der Waals surface area contributed by atoms with Crippen molar-refractivity contribution in [3.63, 3.8) is 0 Å². The predicted molar refractivity (Wildman–Crippen MR) is 137 cm³/mol. The highest BCUT2D eigenvalue weighted by Gasteiger charge is 2.11. The van der Waals surface area contributed by atoms with E-state index in [2.05, 4.69) is 4.98 Å². The highest BCUT2D eigenvalue weighted by Crippen LogP contribution is 2.26. The van der Waals surface area contributed by atoms with Crippen LogP contribution < -0.4 is 9.47 Å². The molecule has 0 amide bonds. The van der Waals surface area contributed by atoms with Crippen LogP contribution >= 0.6 is 0 Å². The van der Waals surface area contributed by atoms with E-state index in [9.17, 15) is 9.59 Å². The minimum absolute atomic E-state index is 0.0489. The van der Waals surface area contributed by atoms with Crippen molar-refractivity contribution >= 4 is 11.6 Å². The topological polar surface area (TPSA) is 65.5 Å². The molecule has 5 rings (SSSR count). The lowest BCUT2D eigenvalue weighted by molar-refractivity contribution is 0.103. The number of nitrogens with zero attached hydrogens (tertiary/aromatic N) is 1. The Morgan fingerprint density at radius 2 is 0.778 bits per heavy atom. The summed E-state index contributed by atoms with van der Waals surface area (Å²) in [5.74, 6) is 1.71. The van der Waals surface area contributed by atoms with Gasteiger partial charge in [0.05, 0.1) is 0 Å². The molecule has 0 N–H and O–H groups in total. The van der Waals surface area contributed by atoms with Crippen molar-refractivity contribution in [2.75, 3.05) is 0 Å². The summed E-state index contributed by atoms with van der Waals surface area (Å²) in [4.78, 5) is 29.5. The molecule has 4 aromatic carbocycles. The Morgan fingerprint density at radius 1 is 0.417 bits per heavy atom. The van der Waals surface area contributed by atoms with Crippen LogP contribution in [0, 0.1) is 0 Å². The number of rotatable bonds is 8. The van der Waals surface area contributed by atoms with Crippen LogP contribution in [0.25, 0.3) is 0 Å². The molecule has 0 atom stereocenters. The van der Waals surface area contributed by atoms with E-state index < -0.39 is 0 Å². The summed E-state index contributed by atoms with van der Waals surface area (Å²) < 4.78 is 11.7. The lowest BCUT2D eigenvalue weighted by atomic mass is 10.0. The average Bonchev–Trinajstić information content (AvgIpc) is 2.94. The molecule has 0 fully saturated rings. The van der Waals surface area contributed by atoms with Gasteiger partial charge in [-0.3, -0.25) is 9.59 Å². The van der Waals surface area contributed by atoms with Crippen molar-refractivity contribution in [3.05, 3.63) is 150 Å². The van der Waals surface area contributed by atoms with Gasteiger partial charge in [0, 0.05) is 34.4 Å². The van der Waals surface area contributed by atoms with E-state index in [-0.39, 0.29) is 11.6 Å². The summed E-state index contributed by atoms with van der Waals surface area (Å²) in [5.41, 5.74) is 2.42. The molecule has 174 valence electrons. The van der Waals surface area contributed by atoms with Crippen LogP contribution in [0.2, 0.25) is 0 Å². The third-order valence-electron chi connectivity index (χ3n) is 5.45. The van der Waals surface area contributed by atoms with Gasteiger partial charge in [-0.1, -0.05) is 66.7 Å². The third-order valence-corrected chi connectivity index (χ3v) is 5.45. The summed E-state index contributed by atoms with van der Waals surface area (Å²) in [6.45, 7) is 0. The first-order chi connectivity index (χ1) is 17.7. The van der Waals surface area contributed by atoms with E-state index in [4.69, 9.17) is 9.47 Å². The van der Waals surface area contributed by atoms with Gasteiger partial charge < -0.3 is 9.47 Å². The van der Waals surface area contributed by atoms with Crippen LogP contribution in [-0.4, -0.2) is 16.6 Å². The van der Waals surface area contributed by atoms with Gasteiger partial charge >= 0.3 is 0 Å². The molecule has 1 heterocycles. The predicted octanol–water partition coefficient (Wildman–Crippen LogP) is 7.13. The monoisotopic (exact) mass is 471 g/mol. The highest BCUT2D eigenvalue weighted by molar-refractivity contribution is 6.09. The first kappa shape index (κ1) is 22.7. The fraction of sp³-hybridized carbons (Fsp3) is 0. The molecular formula is C31H21NO4. The number of ether oxygens (including phenoxy) is 2. The lowest BCUT2D eigenvalue weighted by Gasteiger charge is -2.09. The first-order valence-corrected chi connectivity index (χ1v) is 11.4. The number of carbonyl (C=O) groups is 2. The number of carbonyl (C=O) groups excluding carboxylic acids is 2. The van der Waals surface area contributed by atoms with Crippen molar-refractivity contribution < 1.29 is 19.1 Å². The van der Waals surface area contributed by atoms with Crippen LogP contribution in [0.3, 0.4) is 0 Å². The third kappa shape index (κ3) is 5.37. The molecule has 0 radical (unpaired) electrons. The van der Waals surface area contributed by atoms with Gasteiger partial charge in [0.2, 0.25) is 11.8 Å². The van der Waals surface area contributed by atoms with Crippen LogP contribution in [0.1, 0.15) is 31.8 Å². The van der Waals surface area contributed by atoms with Crippen molar-refractivity contribution in [2.45, 2.75) is 0 Å². The molecular weight excluding hydrogens is 450 g/mol. The number of hydrogen-bond donors (Lipinski definition) is 0. The fourth-order valence-electron chi connectivity index (χ4n) is 3.61. The minimum atomic E-state index is -0.0489. The van der Waals surface area contributed by atoms with Gasteiger partial charge in [-0.25, -0.2) is 0 Å². The summed E-state index contributed by atoms with van der Waals surface area (Å²) in [7, 11) is 0. The molecule has 0 aliphatic rings. The van der Waals surface area contributed by atoms with E-state index in [1.54, 1.807) is 91.0 Å². The Labute approximate surface area is 208 Å². The number of hydrogen-bond acceptors (Lipinski definition) is 5. The van der Waals surface area contributed by atoms with Crippen molar-refractivity contribution in [3.8, 4) is 23.3 Å². The highest BCUT2D eigenvalue weighted by atomic mass is 16.5. The van der Waals surface area contributed by atoms with E-state index in [1.807, 2.05) is 36.4 Å². The Balaban J connectivity index is 1.24. The maximum Gasteiger partial charge on any atom is 0.222 e. The second kappa shape index (κ2) is 10.5. The number of aromatic nitrogens is 1. The molecule has 1 aromatic heterocycles. The van der Waals surface area contributed by atoms with E-state index >= 15 is 0 Å². The van der Waals surface area contributed by atoms with Gasteiger partial charge in [-0.05, 0) is 48.5 Å². The zero-order valence-corrected chi connectivity index (χ0v) is 19.2. The summed E-state index contributed by atoms with van der Waals surface area (Å²) in [5, 5.41) is 0. The quantitative estimate of drug-likeness (QED) is 0.225. The van der Waals surface area contributed by atoms with Crippen LogP contribution in [0.5, 0.6) is 23.3 Å². The molecule has 5 aromatic rings. The summed E-state index contributed by atoms with van der Waals surface area (Å²) in [6.07, 6.45) is 0. The standard InChI is InChI=1S/C31H21NO4/c33-30(22-8-3-1-4-9-22)24-14-18-26(19-15-24)35-28-12-7-13-29(32-28)36-27-20-16-25(17-21-27)31(34)23-10-5-2-6-11-23/h1-21H. The van der Waals surface area contributed by atoms with Crippen molar-refractivity contribution in [1.29, 1.82) is 0 Å². The van der Waals surface area contributed by atoms with Crippen molar-refractivity contribution in [1.82, 2.24) is 4.98 Å². The van der Waals surface area contributed by atoms with Gasteiger partial charge in [0.15, 0.2) is 11.6 Å². The molecule has 36 heavy (non-hydrogen) atoms. The summed E-state index contributed by atoms with van der Waals surface area (Å²) >= 11 is 0. The van der Waals surface area contributed by atoms with Gasteiger partial charge in [-0.2, -0.15) is 4.98 Å². The maximum atomic E-state index is 12.6. The molecule has 0 unspecified atom stereocenters. The molecule has 0 bridgehead atoms. The second-order valence-electron chi connectivity index (χ2n) is 7.96. The van der Waals surface area contributed by atoms with Crippen LogP contribution in [0.15, 0.2) is 127 Å². The van der Waals surface area contributed by atoms with Crippen LogP contribution in [-0.2, 0) is 0 Å². The van der Waals surface area contributed by atoms with E-state index in [0.717, 1.165) is 0 Å². The van der Waals surface area contributed by atoms with E-state index in [1.165, 1.54) is 0 Å². The molecule has 5 heteroatoms. The second-order valence-corrected chi connectivity index (χ2v) is 7.96. The molecule has 0 spiro atoms. The zero-order valence-electron chi connectivity index (χ0n) is 19.2. The Morgan fingerprint density at radius 3 is 1.17 bits per heavy atom. The van der Waals surface area contributed by atoms with Gasteiger partial charge in [0.1, 0.15) is 11.5 Å². The molecule has 0 saturated heterocycles. The first-order valence-electron chi connectivity index (χ1n) is 11.4. The Hall–Kier alpha value is -5.03. The molecule has 0 aliphatic carbocycles. The molecule has 5 nitrogen and oxygen atoms in total. The van der Waals surface area contributed by atoms with Crippen LogP contribution in [0.4, 0.5) is 0 Å². The fourth-order valence-corrected chi connectivity index (χ4v) is 3.61. The number of pyridine rings is 1. The van der Waals surface area contributed by atoms with E-state index in [0.29, 0.717) is 45.5 Å². The SMILES string of the molecule is O=C(c1ccccc1)c1ccc(Oc2cccc(Oc3ccc(C(=O)c4ccccc4)cc3)n2)cc1. The maximum absolute atomic E-state index is 12.6. The van der Waals surface area contributed by atoms with Gasteiger partial charge in [-0.15, -0.1) is 0 Å². The normalized spacial score (nSPS) is 10.4. The lowest BCUT2D eigenvalue weighted by Crippen LogP contribution is -2.01. The largest absolute Gasteiger partial charge is 0.439 e. The number of ketones is 2. The Kier molecular flexibility index (Phi) is 6.63. The van der Waals surface area contributed by atoms with Gasteiger partial charge in [0.25, 0.3) is 0 Å². The molecule has 0 aliphatic heterocycles. The Bertz CT molecular complexity index is 1370. The minimum Gasteiger partial charge on any atom is -0.439 e. The summed E-state index contributed by atoms with van der Waals surface area (Å²) in [6, 6.07) is 37.3. The zero-order chi connectivity index (χ0) is 24.7. The smallest absolute Gasteiger partial charge is 0.222 e. The number of benzene rings is 4. The van der Waals surface area contributed by atoms with Crippen molar-refractivity contribution in [2.24, 2.45) is 0 Å². The average molecular weight is 472 g/mol.